The van der Waals surface area contributed by atoms with Crippen molar-refractivity contribution in [1.29, 1.82) is 0 Å². The number of aryl methyl sites for hydroxylation is 2. The molecule has 4 N–H and O–H groups in total. The molecule has 2 amide bonds. The second-order valence-corrected chi connectivity index (χ2v) is 9.65. The average Bonchev–Trinajstić information content (AvgIpc) is 3.48. The van der Waals surface area contributed by atoms with Gasteiger partial charge >= 0.3 is 0 Å². The van der Waals surface area contributed by atoms with E-state index in [1.807, 2.05) is 24.3 Å². The lowest BCUT2D eigenvalue weighted by Crippen LogP contribution is -2.11. The number of aromatic nitrogens is 10. The van der Waals surface area contributed by atoms with Crippen LogP contribution < -0.4 is 11.5 Å². The minimum Gasteiger partial charge on any atom is -0.370 e. The van der Waals surface area contributed by atoms with Gasteiger partial charge in [-0.25, -0.2) is 19.3 Å². The van der Waals surface area contributed by atoms with Crippen LogP contribution in [0.3, 0.4) is 0 Å². The fourth-order valence-electron chi connectivity index (χ4n) is 3.21. The zero-order valence-electron chi connectivity index (χ0n) is 19.2. The van der Waals surface area contributed by atoms with Crippen molar-refractivity contribution in [2.75, 3.05) is 0 Å². The molecule has 0 fully saturated rings. The van der Waals surface area contributed by atoms with Crippen LogP contribution >= 0.6 is 23.5 Å². The van der Waals surface area contributed by atoms with Crippen LogP contribution in [-0.2, 0) is 22.7 Å². The molecule has 0 saturated heterocycles. The first kappa shape index (κ1) is 25.4. The third-order valence-corrected chi connectivity index (χ3v) is 7.00. The lowest BCUT2D eigenvalue weighted by atomic mass is 10.2. The smallest absolute Gasteiger partial charge is 0.217 e. The van der Waals surface area contributed by atoms with Crippen molar-refractivity contribution >= 4 is 46.4 Å². The van der Waals surface area contributed by atoms with Gasteiger partial charge in [0.15, 0.2) is 0 Å². The highest BCUT2D eigenvalue weighted by Crippen LogP contribution is 2.36. The summed E-state index contributed by atoms with van der Waals surface area (Å²) in [6.07, 6.45) is 3.35. The summed E-state index contributed by atoms with van der Waals surface area (Å²) in [6, 6.07) is 7.56. The molecule has 3 heterocycles. The molecule has 188 valence electrons. The maximum Gasteiger partial charge on any atom is 0.217 e. The van der Waals surface area contributed by atoms with E-state index < -0.39 is 0 Å². The van der Waals surface area contributed by atoms with E-state index in [1.165, 1.54) is 23.5 Å². The van der Waals surface area contributed by atoms with Gasteiger partial charge in [-0.2, -0.15) is 0 Å². The van der Waals surface area contributed by atoms with Crippen LogP contribution in [0.2, 0.25) is 0 Å². The lowest BCUT2D eigenvalue weighted by Gasteiger charge is -2.09. The molecule has 0 saturated carbocycles. The number of fused-ring (bicyclic) bond motifs is 1. The molecule has 0 spiro atoms. The van der Waals surface area contributed by atoms with Gasteiger partial charge in [0.25, 0.3) is 0 Å². The van der Waals surface area contributed by atoms with Gasteiger partial charge in [-0.3, -0.25) is 9.59 Å². The topological polar surface area (TPSA) is 199 Å². The number of rotatable bonds is 14. The Labute approximate surface area is 214 Å². The summed E-state index contributed by atoms with van der Waals surface area (Å²) in [7, 11) is 0. The number of carbonyl (C=O) groups excluding carboxylic acids is 2. The molecule has 36 heavy (non-hydrogen) atoms. The van der Waals surface area contributed by atoms with E-state index >= 15 is 0 Å². The Bertz CT molecular complexity index is 1240. The Kier molecular flexibility index (Phi) is 8.72. The number of carbonyl (C=O) groups is 2. The van der Waals surface area contributed by atoms with Crippen molar-refractivity contribution in [3.8, 4) is 0 Å². The largest absolute Gasteiger partial charge is 0.370 e. The molecule has 0 aliphatic carbocycles. The molecule has 14 nitrogen and oxygen atoms in total. The predicted octanol–water partition coefficient (Wildman–Crippen LogP) is 1.22. The minimum atomic E-state index is -0.329. The maximum absolute atomic E-state index is 11.0. The Morgan fingerprint density at radius 2 is 1.17 bits per heavy atom. The number of hydrogen-bond acceptors (Lipinski definition) is 12. The van der Waals surface area contributed by atoms with Gasteiger partial charge in [-0.05, 0) is 82.2 Å². The quantitative estimate of drug-likeness (QED) is 0.222. The van der Waals surface area contributed by atoms with Gasteiger partial charge in [-0.15, -0.1) is 10.2 Å². The van der Waals surface area contributed by atoms with E-state index in [0.717, 1.165) is 11.0 Å². The normalized spacial score (nSPS) is 11.2. The number of benzene rings is 1. The average molecular weight is 529 g/mol. The van der Waals surface area contributed by atoms with Crippen LogP contribution in [0, 0.1) is 0 Å². The summed E-state index contributed by atoms with van der Waals surface area (Å²) in [4.78, 5) is 31.6. The highest BCUT2D eigenvalue weighted by atomic mass is 32.2. The fourth-order valence-corrected chi connectivity index (χ4v) is 4.99. The van der Waals surface area contributed by atoms with E-state index in [2.05, 4.69) is 31.1 Å². The highest BCUT2D eigenvalue weighted by molar-refractivity contribution is 8.02. The number of hydrogen-bond donors (Lipinski definition) is 2. The van der Waals surface area contributed by atoms with E-state index in [1.54, 1.807) is 9.36 Å². The van der Waals surface area contributed by atoms with E-state index in [4.69, 9.17) is 21.4 Å². The second-order valence-electron chi connectivity index (χ2n) is 7.74. The van der Waals surface area contributed by atoms with Crippen molar-refractivity contribution in [3.05, 3.63) is 24.3 Å². The number of nitrogens with zero attached hydrogens (tertiary/aromatic N) is 10. The number of unbranched alkanes of at least 4 members (excludes halogenated alkanes) is 2. The first-order valence-corrected chi connectivity index (χ1v) is 12.8. The van der Waals surface area contributed by atoms with Crippen molar-refractivity contribution in [2.45, 2.75) is 72.0 Å². The minimum absolute atomic E-state index is 0.318. The maximum atomic E-state index is 11.0. The van der Waals surface area contributed by atoms with E-state index in [-0.39, 0.29) is 11.8 Å². The molecule has 1 aromatic carbocycles. The summed E-state index contributed by atoms with van der Waals surface area (Å²) < 4.78 is 3.33. The monoisotopic (exact) mass is 528 g/mol. The molecular weight excluding hydrogens is 504 g/mol. The van der Waals surface area contributed by atoms with Crippen LogP contribution in [-0.4, -0.2) is 62.2 Å². The molecule has 0 aliphatic rings. The Balaban J connectivity index is 1.54. The van der Waals surface area contributed by atoms with E-state index in [9.17, 15) is 9.59 Å². The molecule has 0 unspecified atom stereocenters. The van der Waals surface area contributed by atoms with Crippen LogP contribution in [0.5, 0.6) is 0 Å². The first-order valence-electron chi connectivity index (χ1n) is 11.2. The van der Waals surface area contributed by atoms with Gasteiger partial charge in [0.2, 0.25) is 22.1 Å². The van der Waals surface area contributed by atoms with Crippen LogP contribution in [0.1, 0.15) is 38.5 Å². The molecule has 0 bridgehead atoms. The van der Waals surface area contributed by atoms with Gasteiger partial charge in [-0.1, -0.05) is 12.1 Å². The van der Waals surface area contributed by atoms with Gasteiger partial charge < -0.3 is 11.5 Å². The third kappa shape index (κ3) is 6.94. The SMILES string of the molecule is NC(=O)CCCCn1nnnc1Sc1nc2ccccc2nc1Sc1nnnn1CCCCC(N)=O. The zero-order valence-corrected chi connectivity index (χ0v) is 20.9. The summed E-state index contributed by atoms with van der Waals surface area (Å²) in [6.45, 7) is 1.07. The van der Waals surface area contributed by atoms with E-state index in [0.29, 0.717) is 72.0 Å². The standard InChI is InChI=1S/C20H24N12O2S2/c21-15(33)9-3-5-11-31-19(25-27-29-31)35-17-18(24-14-8-2-1-7-13(14)23-17)36-20-26-28-30-32(20)12-6-4-10-16(22)34/h1-2,7-8H,3-6,9-12H2,(H2,21,33)(H2,22,34). The van der Waals surface area contributed by atoms with Crippen molar-refractivity contribution in [3.63, 3.8) is 0 Å². The highest BCUT2D eigenvalue weighted by Gasteiger charge is 2.19. The zero-order chi connectivity index (χ0) is 25.3. The Morgan fingerprint density at radius 1 is 0.722 bits per heavy atom. The number of amides is 2. The summed E-state index contributed by atoms with van der Waals surface area (Å²) in [5.41, 5.74) is 11.9. The molecule has 4 aromatic rings. The Morgan fingerprint density at radius 3 is 1.58 bits per heavy atom. The van der Waals surface area contributed by atoms with Crippen LogP contribution in [0.4, 0.5) is 0 Å². The molecule has 4 rings (SSSR count). The van der Waals surface area contributed by atoms with Gasteiger partial charge in [0.1, 0.15) is 10.1 Å². The molecule has 16 heteroatoms. The first-order chi connectivity index (χ1) is 17.5. The second kappa shape index (κ2) is 12.3. The summed E-state index contributed by atoms with van der Waals surface area (Å²) in [5, 5.41) is 26.3. The third-order valence-electron chi connectivity index (χ3n) is 4.97. The van der Waals surface area contributed by atoms with Gasteiger partial charge in [0.05, 0.1) is 11.0 Å². The predicted molar refractivity (Wildman–Crippen MR) is 130 cm³/mol. The molecule has 0 aliphatic heterocycles. The van der Waals surface area contributed by atoms with Crippen LogP contribution in [0.15, 0.2) is 44.6 Å². The fraction of sp³-hybridized carbons (Fsp3) is 0.400. The van der Waals surface area contributed by atoms with Crippen molar-refractivity contribution in [1.82, 2.24) is 50.4 Å². The number of para-hydroxylation sites is 2. The number of primary amides is 2. The lowest BCUT2D eigenvalue weighted by molar-refractivity contribution is -0.119. The molecule has 3 aromatic heterocycles. The van der Waals surface area contributed by atoms with Crippen molar-refractivity contribution < 1.29 is 9.59 Å². The Hall–Kier alpha value is -3.66. The van der Waals surface area contributed by atoms with Crippen LogP contribution in [0.25, 0.3) is 11.0 Å². The molecule has 0 radical (unpaired) electrons. The summed E-state index contributed by atoms with van der Waals surface area (Å²) >= 11 is 2.58. The number of nitrogens with two attached hydrogens (primary N) is 2. The van der Waals surface area contributed by atoms with Gasteiger partial charge in [0, 0.05) is 25.9 Å². The number of tetrazole rings is 2. The molecule has 0 atom stereocenters. The van der Waals surface area contributed by atoms with Crippen molar-refractivity contribution in [2.24, 2.45) is 11.5 Å². The molecular formula is C20H24N12O2S2. The summed E-state index contributed by atoms with van der Waals surface area (Å²) in [5.74, 6) is -0.658.